The summed E-state index contributed by atoms with van der Waals surface area (Å²) >= 11 is 0. The van der Waals surface area contributed by atoms with Crippen LogP contribution in [0.5, 0.6) is 0 Å². The SMILES string of the molecule is CC(C)C[C@@H](NC(=O)N1CCC(C(C)(C)C)CC1)C(=O)O. The number of rotatable bonds is 4. The predicted octanol–water partition coefficient (Wildman–Crippen LogP) is 2.95. The molecule has 0 unspecified atom stereocenters. The minimum absolute atomic E-state index is 0.234. The Morgan fingerprint density at radius 3 is 2.14 bits per heavy atom. The Morgan fingerprint density at radius 2 is 1.76 bits per heavy atom. The highest BCUT2D eigenvalue weighted by atomic mass is 16.4. The molecule has 0 radical (unpaired) electrons. The number of likely N-dealkylation sites (tertiary alicyclic amines) is 1. The van der Waals surface area contributed by atoms with E-state index in [1.54, 1.807) is 4.90 Å². The van der Waals surface area contributed by atoms with Gasteiger partial charge in [-0.15, -0.1) is 0 Å². The van der Waals surface area contributed by atoms with Gasteiger partial charge in [0.25, 0.3) is 0 Å². The molecule has 122 valence electrons. The molecule has 2 amide bonds. The molecule has 1 rings (SSSR count). The van der Waals surface area contributed by atoms with E-state index >= 15 is 0 Å². The first kappa shape index (κ1) is 17.8. The predicted molar refractivity (Wildman–Crippen MR) is 83.2 cm³/mol. The highest BCUT2D eigenvalue weighted by Gasteiger charge is 2.31. The molecule has 5 nitrogen and oxygen atoms in total. The number of carbonyl (C=O) groups is 2. The lowest BCUT2D eigenvalue weighted by molar-refractivity contribution is -0.139. The molecule has 0 spiro atoms. The van der Waals surface area contributed by atoms with Gasteiger partial charge in [0.05, 0.1) is 0 Å². The van der Waals surface area contributed by atoms with Crippen LogP contribution in [0.1, 0.15) is 53.9 Å². The van der Waals surface area contributed by atoms with E-state index in [4.69, 9.17) is 0 Å². The Kier molecular flexibility index (Phi) is 6.05. The zero-order valence-electron chi connectivity index (χ0n) is 14.0. The topological polar surface area (TPSA) is 69.6 Å². The maximum absolute atomic E-state index is 12.2. The molecule has 0 aromatic rings. The lowest BCUT2D eigenvalue weighted by atomic mass is 9.75. The van der Waals surface area contributed by atoms with Crippen LogP contribution >= 0.6 is 0 Å². The Hall–Kier alpha value is -1.26. The fourth-order valence-corrected chi connectivity index (χ4v) is 2.88. The van der Waals surface area contributed by atoms with Crippen molar-refractivity contribution < 1.29 is 14.7 Å². The van der Waals surface area contributed by atoms with Gasteiger partial charge in [-0.3, -0.25) is 0 Å². The van der Waals surface area contributed by atoms with Gasteiger partial charge < -0.3 is 15.3 Å². The van der Waals surface area contributed by atoms with Crippen molar-refractivity contribution in [1.82, 2.24) is 10.2 Å². The highest BCUT2D eigenvalue weighted by Crippen LogP contribution is 2.34. The summed E-state index contributed by atoms with van der Waals surface area (Å²) in [6.07, 6.45) is 2.43. The fraction of sp³-hybridized carbons (Fsp3) is 0.875. The molecule has 1 fully saturated rings. The number of hydrogen-bond acceptors (Lipinski definition) is 2. The molecule has 1 atom stereocenters. The first-order valence-electron chi connectivity index (χ1n) is 7.89. The smallest absolute Gasteiger partial charge is 0.326 e. The Bertz CT molecular complexity index is 366. The molecule has 1 saturated heterocycles. The van der Waals surface area contributed by atoms with Gasteiger partial charge in [-0.1, -0.05) is 34.6 Å². The van der Waals surface area contributed by atoms with Crippen LogP contribution in [0, 0.1) is 17.3 Å². The van der Waals surface area contributed by atoms with Crippen molar-refractivity contribution in [2.24, 2.45) is 17.3 Å². The summed E-state index contributed by atoms with van der Waals surface area (Å²) < 4.78 is 0. The molecule has 5 heteroatoms. The quantitative estimate of drug-likeness (QED) is 0.838. The number of hydrogen-bond donors (Lipinski definition) is 2. The molecule has 21 heavy (non-hydrogen) atoms. The molecule has 0 aromatic carbocycles. The third-order valence-electron chi connectivity index (χ3n) is 4.31. The van der Waals surface area contributed by atoms with Crippen LogP contribution in [0.15, 0.2) is 0 Å². The van der Waals surface area contributed by atoms with E-state index in [9.17, 15) is 14.7 Å². The number of urea groups is 1. The van der Waals surface area contributed by atoms with Gasteiger partial charge in [-0.2, -0.15) is 0 Å². The number of nitrogens with one attached hydrogen (secondary N) is 1. The Balaban J connectivity index is 2.51. The first-order valence-corrected chi connectivity index (χ1v) is 7.89. The van der Waals surface area contributed by atoms with Crippen molar-refractivity contribution in [2.45, 2.75) is 59.9 Å². The lowest BCUT2D eigenvalue weighted by Gasteiger charge is -2.39. The van der Waals surface area contributed by atoms with Crippen LogP contribution in [0.3, 0.4) is 0 Å². The van der Waals surface area contributed by atoms with Crippen molar-refractivity contribution in [1.29, 1.82) is 0 Å². The summed E-state index contributed by atoms with van der Waals surface area (Å²) in [7, 11) is 0. The largest absolute Gasteiger partial charge is 0.480 e. The summed E-state index contributed by atoms with van der Waals surface area (Å²) in [4.78, 5) is 25.2. The maximum Gasteiger partial charge on any atom is 0.326 e. The van der Waals surface area contributed by atoms with E-state index < -0.39 is 12.0 Å². The Morgan fingerprint density at radius 1 is 1.24 bits per heavy atom. The number of amides is 2. The zero-order chi connectivity index (χ0) is 16.2. The van der Waals surface area contributed by atoms with Crippen LogP contribution in [0.4, 0.5) is 4.79 Å². The van der Waals surface area contributed by atoms with E-state index in [0.717, 1.165) is 12.8 Å². The molecule has 0 aromatic heterocycles. The van der Waals surface area contributed by atoms with Crippen molar-refractivity contribution in [3.8, 4) is 0 Å². The van der Waals surface area contributed by atoms with Crippen molar-refractivity contribution in [3.63, 3.8) is 0 Å². The van der Waals surface area contributed by atoms with Crippen LogP contribution in [0.25, 0.3) is 0 Å². The van der Waals surface area contributed by atoms with Crippen molar-refractivity contribution >= 4 is 12.0 Å². The average molecular weight is 298 g/mol. The molecule has 0 saturated carbocycles. The number of carbonyl (C=O) groups excluding carboxylic acids is 1. The van der Waals surface area contributed by atoms with Crippen molar-refractivity contribution in [3.05, 3.63) is 0 Å². The van der Waals surface area contributed by atoms with Crippen molar-refractivity contribution in [2.75, 3.05) is 13.1 Å². The third-order valence-corrected chi connectivity index (χ3v) is 4.31. The molecular formula is C16H30N2O3. The minimum Gasteiger partial charge on any atom is -0.480 e. The van der Waals surface area contributed by atoms with E-state index in [2.05, 4.69) is 26.1 Å². The molecule has 0 bridgehead atoms. The van der Waals surface area contributed by atoms with Crippen LogP contribution in [0.2, 0.25) is 0 Å². The van der Waals surface area contributed by atoms with Crippen LogP contribution in [-0.2, 0) is 4.79 Å². The lowest BCUT2D eigenvalue weighted by Crippen LogP contribution is -2.51. The van der Waals surface area contributed by atoms with E-state index in [1.807, 2.05) is 13.8 Å². The van der Waals surface area contributed by atoms with Gasteiger partial charge >= 0.3 is 12.0 Å². The maximum atomic E-state index is 12.2. The summed E-state index contributed by atoms with van der Waals surface area (Å²) in [5, 5.41) is 11.8. The van der Waals surface area contributed by atoms with Crippen LogP contribution in [-0.4, -0.2) is 41.1 Å². The number of carboxylic acids is 1. The molecular weight excluding hydrogens is 268 g/mol. The number of piperidine rings is 1. The normalized spacial score (nSPS) is 18.7. The van der Waals surface area contributed by atoms with Gasteiger partial charge in [0.15, 0.2) is 0 Å². The fourth-order valence-electron chi connectivity index (χ4n) is 2.88. The van der Waals surface area contributed by atoms with Gasteiger partial charge in [0, 0.05) is 13.1 Å². The summed E-state index contributed by atoms with van der Waals surface area (Å²) in [6, 6.07) is -1.03. The second-order valence-corrected chi connectivity index (χ2v) is 7.60. The first-order chi connectivity index (χ1) is 9.61. The number of carboxylic acid groups (broad SMARTS) is 1. The molecule has 1 aliphatic heterocycles. The second kappa shape index (κ2) is 7.14. The van der Waals surface area contributed by atoms with Gasteiger partial charge in [0.2, 0.25) is 0 Å². The van der Waals surface area contributed by atoms with Crippen LogP contribution < -0.4 is 5.32 Å². The van der Waals surface area contributed by atoms with E-state index in [-0.39, 0.29) is 17.4 Å². The van der Waals surface area contributed by atoms with Gasteiger partial charge in [-0.05, 0) is 36.5 Å². The standard InChI is InChI=1S/C16H30N2O3/c1-11(2)10-13(14(19)20)17-15(21)18-8-6-12(7-9-18)16(3,4)5/h11-13H,6-10H2,1-5H3,(H,17,21)(H,19,20)/t13-/m1/s1. The molecule has 2 N–H and O–H groups in total. The van der Waals surface area contributed by atoms with Gasteiger partial charge in [0.1, 0.15) is 6.04 Å². The van der Waals surface area contributed by atoms with E-state index in [1.165, 1.54) is 0 Å². The second-order valence-electron chi connectivity index (χ2n) is 7.60. The number of nitrogens with zero attached hydrogens (tertiary/aromatic N) is 1. The molecule has 0 aliphatic carbocycles. The average Bonchev–Trinajstić information content (AvgIpc) is 2.36. The van der Waals surface area contributed by atoms with Gasteiger partial charge in [-0.25, -0.2) is 9.59 Å². The monoisotopic (exact) mass is 298 g/mol. The summed E-state index contributed by atoms with van der Waals surface area (Å²) in [5.74, 6) is -0.105. The summed E-state index contributed by atoms with van der Waals surface area (Å²) in [6.45, 7) is 12.0. The Labute approximate surface area is 128 Å². The molecule has 1 aliphatic rings. The minimum atomic E-state index is -0.957. The molecule has 1 heterocycles. The zero-order valence-corrected chi connectivity index (χ0v) is 14.0. The highest BCUT2D eigenvalue weighted by molar-refractivity contribution is 5.82. The number of aliphatic carboxylic acids is 1. The van der Waals surface area contributed by atoms with E-state index in [0.29, 0.717) is 25.4 Å². The third kappa shape index (κ3) is 5.56. The summed E-state index contributed by atoms with van der Waals surface area (Å²) in [5.41, 5.74) is 0.268.